The van der Waals surface area contributed by atoms with Crippen LogP contribution < -0.4 is 0 Å². The van der Waals surface area contributed by atoms with Crippen LogP contribution in [0.5, 0.6) is 0 Å². The summed E-state index contributed by atoms with van der Waals surface area (Å²) in [4.78, 5) is 11.0. The van der Waals surface area contributed by atoms with Gasteiger partial charge in [-0.25, -0.2) is 9.97 Å². The lowest BCUT2D eigenvalue weighted by molar-refractivity contribution is 0.669. The molecule has 300 valence electrons. The van der Waals surface area contributed by atoms with Gasteiger partial charge in [-0.1, -0.05) is 197 Å². The molecule has 0 N–H and O–H groups in total. The first kappa shape index (κ1) is 37.9. The van der Waals surface area contributed by atoms with Gasteiger partial charge in [-0.05, 0) is 68.2 Å². The van der Waals surface area contributed by atoms with Crippen LogP contribution in [0.3, 0.4) is 0 Å². The minimum atomic E-state index is 0.593. The molecule has 0 bridgehead atoms. The Morgan fingerprint density at radius 2 is 1.06 bits per heavy atom. The summed E-state index contributed by atoms with van der Waals surface area (Å²) >= 11 is 0. The van der Waals surface area contributed by atoms with E-state index < -0.39 is 0 Å². The Balaban J connectivity index is 0.00000144. The van der Waals surface area contributed by atoms with Gasteiger partial charge in [0.15, 0.2) is 0 Å². The summed E-state index contributed by atoms with van der Waals surface area (Å²) in [7, 11) is 0. The number of aromatic nitrogens is 3. The second kappa shape index (κ2) is 15.4. The zero-order valence-corrected chi connectivity index (χ0v) is 35.3. The fraction of sp³-hybridized carbons (Fsp3) is 0.0508. The molecule has 3 heterocycles. The fourth-order valence-electron chi connectivity index (χ4n) is 9.50. The van der Waals surface area contributed by atoms with Gasteiger partial charge < -0.3 is 4.42 Å². The van der Waals surface area contributed by atoms with Gasteiger partial charge in [0.05, 0.1) is 22.2 Å². The highest BCUT2D eigenvalue weighted by Gasteiger charge is 2.25. The number of hydrogen-bond acceptors (Lipinski definition) is 3. The van der Waals surface area contributed by atoms with Crippen molar-refractivity contribution in [2.75, 3.05) is 0 Å². The molecular formula is C59H43N3O. The smallest absolute Gasteiger partial charge is 0.235 e. The summed E-state index contributed by atoms with van der Waals surface area (Å²) in [5, 5.41) is 9.96. The van der Waals surface area contributed by atoms with E-state index in [0.29, 0.717) is 5.95 Å². The van der Waals surface area contributed by atoms with Gasteiger partial charge in [0.25, 0.3) is 0 Å². The monoisotopic (exact) mass is 809 g/mol. The summed E-state index contributed by atoms with van der Waals surface area (Å²) in [6.07, 6.45) is 5.17. The van der Waals surface area contributed by atoms with Crippen LogP contribution >= 0.6 is 0 Å². The lowest BCUT2D eigenvalue weighted by Gasteiger charge is -2.15. The zero-order chi connectivity index (χ0) is 42.6. The van der Waals surface area contributed by atoms with E-state index in [2.05, 4.69) is 195 Å². The van der Waals surface area contributed by atoms with E-state index in [1.54, 1.807) is 0 Å². The molecule has 0 spiro atoms. The number of fused-ring (bicyclic) bond motifs is 10. The van der Waals surface area contributed by atoms with E-state index in [0.717, 1.165) is 104 Å². The molecular weight excluding hydrogens is 767 g/mol. The number of benzene rings is 9. The molecule has 0 aliphatic carbocycles. The summed E-state index contributed by atoms with van der Waals surface area (Å²) in [5.41, 5.74) is 13.1. The molecule has 12 aromatic rings. The molecule has 9 aromatic carbocycles. The molecule has 0 atom stereocenters. The summed E-state index contributed by atoms with van der Waals surface area (Å²) in [6, 6.07) is 62.0. The third kappa shape index (κ3) is 6.06. The van der Waals surface area contributed by atoms with Gasteiger partial charge in [0.1, 0.15) is 11.2 Å². The Hall–Kier alpha value is -8.08. The molecule has 4 heteroatoms. The zero-order valence-electron chi connectivity index (χ0n) is 35.3. The van der Waals surface area contributed by atoms with Gasteiger partial charge in [0, 0.05) is 43.4 Å². The third-order valence-electron chi connectivity index (χ3n) is 12.2. The Morgan fingerprint density at radius 1 is 0.476 bits per heavy atom. The molecule has 0 radical (unpaired) electrons. The molecule has 0 saturated heterocycles. The topological polar surface area (TPSA) is 43.9 Å². The first-order valence-corrected chi connectivity index (χ1v) is 21.6. The van der Waals surface area contributed by atoms with Gasteiger partial charge in [-0.15, -0.1) is 0 Å². The molecule has 4 nitrogen and oxygen atoms in total. The number of para-hydroxylation sites is 3. The first-order valence-electron chi connectivity index (χ1n) is 21.6. The van der Waals surface area contributed by atoms with Crippen molar-refractivity contribution in [1.82, 2.24) is 14.5 Å². The van der Waals surface area contributed by atoms with E-state index in [-0.39, 0.29) is 0 Å². The van der Waals surface area contributed by atoms with Crippen LogP contribution in [-0.2, 0) is 0 Å². The maximum absolute atomic E-state index is 6.28. The maximum Gasteiger partial charge on any atom is 0.235 e. The predicted molar refractivity (Wildman–Crippen MR) is 269 cm³/mol. The molecule has 0 aliphatic heterocycles. The largest absolute Gasteiger partial charge is 0.456 e. The molecule has 0 fully saturated rings. The van der Waals surface area contributed by atoms with Crippen molar-refractivity contribution in [2.24, 2.45) is 0 Å². The molecule has 0 amide bonds. The Bertz CT molecular complexity index is 3770. The van der Waals surface area contributed by atoms with Gasteiger partial charge in [0.2, 0.25) is 5.95 Å². The van der Waals surface area contributed by atoms with Crippen LogP contribution in [0.4, 0.5) is 0 Å². The van der Waals surface area contributed by atoms with Crippen molar-refractivity contribution in [3.63, 3.8) is 0 Å². The average Bonchev–Trinajstić information content (AvgIpc) is 3.89. The molecule has 63 heavy (non-hydrogen) atoms. The van der Waals surface area contributed by atoms with Crippen molar-refractivity contribution in [2.45, 2.75) is 20.3 Å². The highest BCUT2D eigenvalue weighted by Crippen LogP contribution is 2.45. The molecule has 3 aromatic heterocycles. The van der Waals surface area contributed by atoms with Crippen LogP contribution in [0.2, 0.25) is 0 Å². The number of nitrogens with zero attached hydrogens (tertiary/aromatic N) is 3. The molecule has 0 unspecified atom stereocenters. The fourth-order valence-corrected chi connectivity index (χ4v) is 9.50. The first-order chi connectivity index (χ1) is 31.1. The number of hydrogen-bond donors (Lipinski definition) is 0. The van der Waals surface area contributed by atoms with E-state index in [1.165, 1.54) is 22.8 Å². The summed E-state index contributed by atoms with van der Waals surface area (Å²) in [6.45, 7) is 12.9. The van der Waals surface area contributed by atoms with E-state index in [1.807, 2.05) is 24.3 Å². The lowest BCUT2D eigenvalue weighted by Crippen LogP contribution is -2.05. The van der Waals surface area contributed by atoms with Gasteiger partial charge in [-0.3, -0.25) is 4.57 Å². The van der Waals surface area contributed by atoms with Crippen molar-refractivity contribution >= 4 is 88.3 Å². The lowest BCUT2D eigenvalue weighted by atomic mass is 9.93. The van der Waals surface area contributed by atoms with Gasteiger partial charge >= 0.3 is 0 Å². The summed E-state index contributed by atoms with van der Waals surface area (Å²) < 4.78 is 8.57. The average molecular weight is 810 g/mol. The van der Waals surface area contributed by atoms with Crippen LogP contribution in [0, 0.1) is 0 Å². The standard InChI is InChI=1S/C56H35N3O.C3H8/c1-3-38-39(4-2)52-47-24-14-23-42(37-31-32-51-48(33-37)44-19-10-12-26-50(44)60-51)54(47)59(55(52)45-20-8-7-18-43(38)45)56-57-49-25-11-9-21-46(49)53(58-56)36-29-27-35(28-30-36)41-22-13-16-34-15-5-6-17-40(34)41;1-3-2/h3-33H,1-2H2;3H2,1-2H3. The molecule has 12 rings (SSSR count). The second-order valence-corrected chi connectivity index (χ2v) is 16.1. The number of rotatable bonds is 6. The van der Waals surface area contributed by atoms with Crippen LogP contribution in [-0.4, -0.2) is 14.5 Å². The van der Waals surface area contributed by atoms with Crippen LogP contribution in [0.15, 0.2) is 193 Å². The minimum absolute atomic E-state index is 0.593. The van der Waals surface area contributed by atoms with E-state index >= 15 is 0 Å². The summed E-state index contributed by atoms with van der Waals surface area (Å²) in [5.74, 6) is 0.593. The Morgan fingerprint density at radius 3 is 1.86 bits per heavy atom. The van der Waals surface area contributed by atoms with E-state index in [9.17, 15) is 0 Å². The van der Waals surface area contributed by atoms with Crippen molar-refractivity contribution in [1.29, 1.82) is 0 Å². The van der Waals surface area contributed by atoms with Crippen molar-refractivity contribution in [3.05, 3.63) is 200 Å². The quantitative estimate of drug-likeness (QED) is 0.168. The normalized spacial score (nSPS) is 11.5. The Labute approximate surface area is 365 Å². The predicted octanol–water partition coefficient (Wildman–Crippen LogP) is 16.6. The molecule has 0 saturated carbocycles. The van der Waals surface area contributed by atoms with Crippen LogP contribution in [0.1, 0.15) is 31.4 Å². The highest BCUT2D eigenvalue weighted by molar-refractivity contribution is 6.25. The number of furan rings is 1. The Kier molecular flexibility index (Phi) is 9.28. The second-order valence-electron chi connectivity index (χ2n) is 16.1. The van der Waals surface area contributed by atoms with Crippen molar-refractivity contribution in [3.8, 4) is 39.5 Å². The van der Waals surface area contributed by atoms with Gasteiger partial charge in [-0.2, -0.15) is 0 Å². The maximum atomic E-state index is 6.28. The SMILES string of the molecule is C=Cc1c(C=C)c2c3cccc(-c4ccc5oc6ccccc6c5c4)c3n(-c3nc(-c4ccc(-c5cccc6ccccc56)cc4)c4ccccc4n3)c2c2ccccc12.CCC. The third-order valence-corrected chi connectivity index (χ3v) is 12.2. The van der Waals surface area contributed by atoms with Crippen LogP contribution in [0.25, 0.3) is 128 Å². The van der Waals surface area contributed by atoms with E-state index in [4.69, 9.17) is 14.4 Å². The van der Waals surface area contributed by atoms with Crippen molar-refractivity contribution < 1.29 is 4.42 Å². The highest BCUT2D eigenvalue weighted by atomic mass is 16.3. The minimum Gasteiger partial charge on any atom is -0.456 e. The molecule has 0 aliphatic rings.